The maximum atomic E-state index is 12.6. The highest BCUT2D eigenvalue weighted by Crippen LogP contribution is 2.22. The number of hydrogen-bond acceptors (Lipinski definition) is 5. The molecule has 0 aliphatic heterocycles. The quantitative estimate of drug-likeness (QED) is 0.549. The zero-order valence-electron chi connectivity index (χ0n) is 15.1. The molecule has 0 saturated heterocycles. The molecule has 138 valence electrons. The zero-order valence-corrected chi connectivity index (χ0v) is 15.1. The van der Waals surface area contributed by atoms with E-state index in [4.69, 9.17) is 4.74 Å². The first-order chi connectivity index (χ1) is 13.6. The van der Waals surface area contributed by atoms with Crippen molar-refractivity contribution >= 4 is 39.4 Å². The Hall–Kier alpha value is -3.80. The van der Waals surface area contributed by atoms with Gasteiger partial charge in [0.1, 0.15) is 0 Å². The molecule has 1 amide bonds. The van der Waals surface area contributed by atoms with Gasteiger partial charge in [-0.2, -0.15) is 0 Å². The minimum atomic E-state index is -0.966. The predicted octanol–water partition coefficient (Wildman–Crippen LogP) is 3.97. The molecule has 1 N–H and O–H groups in total. The SMILES string of the molecule is CC(OC(=O)c1cccc2ncccc12)C(=O)Nc1cccc2ncccc12. The van der Waals surface area contributed by atoms with E-state index >= 15 is 0 Å². The maximum absolute atomic E-state index is 12.6. The van der Waals surface area contributed by atoms with Crippen LogP contribution < -0.4 is 5.32 Å². The molecular weight excluding hydrogens is 354 g/mol. The van der Waals surface area contributed by atoms with Gasteiger partial charge in [-0.15, -0.1) is 0 Å². The van der Waals surface area contributed by atoms with E-state index in [2.05, 4.69) is 15.3 Å². The van der Waals surface area contributed by atoms with Gasteiger partial charge in [0.05, 0.1) is 22.3 Å². The number of carbonyl (C=O) groups is 2. The second-order valence-electron chi connectivity index (χ2n) is 6.29. The summed E-state index contributed by atoms with van der Waals surface area (Å²) in [5, 5.41) is 4.31. The Balaban J connectivity index is 1.52. The van der Waals surface area contributed by atoms with Crippen molar-refractivity contribution in [3.05, 3.63) is 78.6 Å². The van der Waals surface area contributed by atoms with E-state index in [1.165, 1.54) is 0 Å². The largest absolute Gasteiger partial charge is 0.449 e. The van der Waals surface area contributed by atoms with Crippen molar-refractivity contribution in [3.63, 3.8) is 0 Å². The van der Waals surface area contributed by atoms with Crippen molar-refractivity contribution in [1.82, 2.24) is 9.97 Å². The smallest absolute Gasteiger partial charge is 0.339 e. The lowest BCUT2D eigenvalue weighted by Gasteiger charge is -2.15. The van der Waals surface area contributed by atoms with Crippen LogP contribution in [0.4, 0.5) is 5.69 Å². The van der Waals surface area contributed by atoms with Gasteiger partial charge in [-0.3, -0.25) is 14.8 Å². The summed E-state index contributed by atoms with van der Waals surface area (Å²) in [5.41, 5.74) is 2.46. The van der Waals surface area contributed by atoms with E-state index < -0.39 is 18.0 Å². The number of nitrogens with zero attached hydrogens (tertiary/aromatic N) is 2. The van der Waals surface area contributed by atoms with Gasteiger partial charge >= 0.3 is 5.97 Å². The van der Waals surface area contributed by atoms with E-state index in [1.54, 1.807) is 55.7 Å². The number of fused-ring (bicyclic) bond motifs is 2. The number of anilines is 1. The Kier molecular flexibility index (Phi) is 4.68. The number of carbonyl (C=O) groups excluding carboxylic acids is 2. The standard InChI is InChI=1S/C22H17N3O3/c1-14(21(26)25-20-11-3-10-19-17(20)8-5-13-24-19)28-22(27)16-6-2-9-18-15(16)7-4-12-23-18/h2-14H,1H3,(H,25,26). The van der Waals surface area contributed by atoms with Gasteiger partial charge in [-0.05, 0) is 49.4 Å². The Morgan fingerprint density at radius 3 is 2.25 bits per heavy atom. The molecular formula is C22H17N3O3. The number of benzene rings is 2. The summed E-state index contributed by atoms with van der Waals surface area (Å²) < 4.78 is 5.40. The van der Waals surface area contributed by atoms with Gasteiger partial charge in [0.2, 0.25) is 0 Å². The third kappa shape index (κ3) is 3.40. The summed E-state index contributed by atoms with van der Waals surface area (Å²) >= 11 is 0. The molecule has 0 spiro atoms. The maximum Gasteiger partial charge on any atom is 0.339 e. The normalized spacial score (nSPS) is 11.9. The van der Waals surface area contributed by atoms with Crippen LogP contribution in [0.15, 0.2) is 73.1 Å². The van der Waals surface area contributed by atoms with Crippen molar-refractivity contribution in [1.29, 1.82) is 0 Å². The van der Waals surface area contributed by atoms with Crippen LogP contribution in [0, 0.1) is 0 Å². The lowest BCUT2D eigenvalue weighted by Crippen LogP contribution is -2.30. The first-order valence-corrected chi connectivity index (χ1v) is 8.83. The van der Waals surface area contributed by atoms with Crippen molar-refractivity contribution in [2.75, 3.05) is 5.32 Å². The molecule has 0 aliphatic carbocycles. The number of rotatable bonds is 4. The molecule has 1 atom stereocenters. The van der Waals surface area contributed by atoms with Crippen LogP contribution in [0.25, 0.3) is 21.8 Å². The van der Waals surface area contributed by atoms with Crippen molar-refractivity contribution in [2.45, 2.75) is 13.0 Å². The molecule has 0 radical (unpaired) electrons. The monoisotopic (exact) mass is 371 g/mol. The van der Waals surface area contributed by atoms with E-state index in [9.17, 15) is 9.59 Å². The fraction of sp³-hybridized carbons (Fsp3) is 0.0909. The molecule has 0 bridgehead atoms. The van der Waals surface area contributed by atoms with Gasteiger partial charge in [0.15, 0.2) is 6.10 Å². The van der Waals surface area contributed by atoms with Gasteiger partial charge < -0.3 is 10.1 Å². The second-order valence-corrected chi connectivity index (χ2v) is 6.29. The zero-order chi connectivity index (χ0) is 19.5. The highest BCUT2D eigenvalue weighted by molar-refractivity contribution is 6.06. The molecule has 4 rings (SSSR count). The van der Waals surface area contributed by atoms with E-state index in [-0.39, 0.29) is 0 Å². The predicted molar refractivity (Wildman–Crippen MR) is 107 cm³/mol. The van der Waals surface area contributed by atoms with Crippen LogP contribution in [-0.2, 0) is 9.53 Å². The second kappa shape index (κ2) is 7.44. The number of esters is 1. The van der Waals surface area contributed by atoms with Crippen LogP contribution in [0.2, 0.25) is 0 Å². The van der Waals surface area contributed by atoms with Gasteiger partial charge in [0, 0.05) is 23.2 Å². The number of hydrogen-bond donors (Lipinski definition) is 1. The minimum Gasteiger partial charge on any atom is -0.449 e. The summed E-state index contributed by atoms with van der Waals surface area (Å²) in [6, 6.07) is 17.9. The van der Waals surface area contributed by atoms with E-state index in [0.717, 1.165) is 10.9 Å². The molecule has 4 aromatic rings. The average molecular weight is 371 g/mol. The third-order valence-electron chi connectivity index (χ3n) is 4.42. The Bertz CT molecular complexity index is 1180. The molecule has 2 aromatic carbocycles. The fourth-order valence-electron chi connectivity index (χ4n) is 3.01. The molecule has 6 nitrogen and oxygen atoms in total. The molecule has 0 fully saturated rings. The highest BCUT2D eigenvalue weighted by Gasteiger charge is 2.21. The Morgan fingerprint density at radius 1 is 0.857 bits per heavy atom. The van der Waals surface area contributed by atoms with Crippen LogP contribution in [-0.4, -0.2) is 27.9 Å². The Morgan fingerprint density at radius 2 is 1.50 bits per heavy atom. The van der Waals surface area contributed by atoms with Crippen LogP contribution in [0.1, 0.15) is 17.3 Å². The van der Waals surface area contributed by atoms with Crippen LogP contribution >= 0.6 is 0 Å². The molecule has 1 unspecified atom stereocenters. The summed E-state index contributed by atoms with van der Waals surface area (Å²) in [5.74, 6) is -0.982. The third-order valence-corrected chi connectivity index (χ3v) is 4.42. The fourth-order valence-corrected chi connectivity index (χ4v) is 3.01. The minimum absolute atomic E-state index is 0.375. The topological polar surface area (TPSA) is 81.2 Å². The summed E-state index contributed by atoms with van der Waals surface area (Å²) in [6.07, 6.45) is 2.38. The first kappa shape index (κ1) is 17.6. The van der Waals surface area contributed by atoms with E-state index in [0.29, 0.717) is 22.2 Å². The molecule has 0 saturated carbocycles. The number of pyridine rings is 2. The highest BCUT2D eigenvalue weighted by atomic mass is 16.5. The molecule has 6 heteroatoms. The lowest BCUT2D eigenvalue weighted by molar-refractivity contribution is -0.123. The summed E-state index contributed by atoms with van der Waals surface area (Å²) in [6.45, 7) is 1.54. The molecule has 0 aliphatic rings. The molecule has 2 heterocycles. The van der Waals surface area contributed by atoms with Gasteiger partial charge in [-0.25, -0.2) is 4.79 Å². The summed E-state index contributed by atoms with van der Waals surface area (Å²) in [4.78, 5) is 33.7. The van der Waals surface area contributed by atoms with Crippen LogP contribution in [0.5, 0.6) is 0 Å². The average Bonchev–Trinajstić information content (AvgIpc) is 2.73. The van der Waals surface area contributed by atoms with Crippen LogP contribution in [0.3, 0.4) is 0 Å². The number of aromatic nitrogens is 2. The van der Waals surface area contributed by atoms with Gasteiger partial charge in [0.25, 0.3) is 5.91 Å². The lowest BCUT2D eigenvalue weighted by atomic mass is 10.1. The number of amides is 1. The van der Waals surface area contributed by atoms with Crippen molar-refractivity contribution in [3.8, 4) is 0 Å². The van der Waals surface area contributed by atoms with Crippen molar-refractivity contribution in [2.24, 2.45) is 0 Å². The molecule has 2 aromatic heterocycles. The summed E-state index contributed by atoms with van der Waals surface area (Å²) in [7, 11) is 0. The van der Waals surface area contributed by atoms with Crippen molar-refractivity contribution < 1.29 is 14.3 Å². The number of ether oxygens (including phenoxy) is 1. The van der Waals surface area contributed by atoms with Gasteiger partial charge in [-0.1, -0.05) is 18.2 Å². The van der Waals surface area contributed by atoms with E-state index in [1.807, 2.05) is 24.3 Å². The number of nitrogens with one attached hydrogen (secondary N) is 1. The molecule has 28 heavy (non-hydrogen) atoms. The Labute approximate surface area is 161 Å². The first-order valence-electron chi connectivity index (χ1n) is 8.83.